The van der Waals surface area contributed by atoms with Gasteiger partial charge in [0.25, 0.3) is 0 Å². The zero-order chi connectivity index (χ0) is 17.7. The maximum atomic E-state index is 12.8. The van der Waals surface area contributed by atoms with Crippen molar-refractivity contribution in [1.29, 1.82) is 0 Å². The van der Waals surface area contributed by atoms with Crippen molar-refractivity contribution in [1.82, 2.24) is 10.2 Å². The molecule has 0 bridgehead atoms. The van der Waals surface area contributed by atoms with Gasteiger partial charge in [-0.25, -0.2) is 0 Å². The summed E-state index contributed by atoms with van der Waals surface area (Å²) in [5, 5.41) is 11.9. The fraction of sp³-hybridized carbons (Fsp3) is 0.579. The van der Waals surface area contributed by atoms with E-state index in [1.165, 1.54) is 0 Å². The Hall–Kier alpha value is -1.88. The van der Waals surface area contributed by atoms with Crippen LogP contribution in [0.2, 0.25) is 0 Å². The van der Waals surface area contributed by atoms with Crippen LogP contribution < -0.4 is 5.32 Å². The molecule has 0 saturated heterocycles. The van der Waals surface area contributed by atoms with Crippen molar-refractivity contribution in [3.63, 3.8) is 0 Å². The first-order valence-corrected chi connectivity index (χ1v) is 8.76. The molecular weight excluding hydrogens is 304 g/mol. The van der Waals surface area contributed by atoms with E-state index in [0.717, 1.165) is 17.5 Å². The number of carbonyl (C=O) groups excluding carboxylic acids is 2. The van der Waals surface area contributed by atoms with Crippen LogP contribution in [0.25, 0.3) is 0 Å². The molecule has 0 spiro atoms. The van der Waals surface area contributed by atoms with Crippen molar-refractivity contribution in [2.24, 2.45) is 5.92 Å². The van der Waals surface area contributed by atoms with Crippen LogP contribution in [-0.2, 0) is 22.6 Å². The molecule has 0 fully saturated rings. The number of aliphatic hydroxyl groups is 1. The monoisotopic (exact) mass is 332 g/mol. The van der Waals surface area contributed by atoms with Gasteiger partial charge < -0.3 is 15.3 Å². The summed E-state index contributed by atoms with van der Waals surface area (Å²) in [6, 6.07) is 7.39. The molecule has 132 valence electrons. The maximum absolute atomic E-state index is 12.8. The zero-order valence-electron chi connectivity index (χ0n) is 14.8. The summed E-state index contributed by atoms with van der Waals surface area (Å²) < 4.78 is 0. The topological polar surface area (TPSA) is 69.6 Å². The van der Waals surface area contributed by atoms with Gasteiger partial charge in [0.15, 0.2) is 0 Å². The molecule has 2 amide bonds. The van der Waals surface area contributed by atoms with Crippen molar-refractivity contribution in [2.45, 2.75) is 58.7 Å². The summed E-state index contributed by atoms with van der Waals surface area (Å²) >= 11 is 0. The highest BCUT2D eigenvalue weighted by Crippen LogP contribution is 2.25. The maximum Gasteiger partial charge on any atom is 0.243 e. The molecule has 3 atom stereocenters. The lowest BCUT2D eigenvalue weighted by molar-refractivity contribution is -0.145. The third kappa shape index (κ3) is 4.15. The van der Waals surface area contributed by atoms with Gasteiger partial charge in [-0.3, -0.25) is 9.59 Å². The first kappa shape index (κ1) is 18.5. The molecule has 2 rings (SSSR count). The van der Waals surface area contributed by atoms with E-state index < -0.39 is 6.04 Å². The molecule has 3 unspecified atom stereocenters. The van der Waals surface area contributed by atoms with Gasteiger partial charge in [0.1, 0.15) is 6.04 Å². The number of amides is 2. The fourth-order valence-corrected chi connectivity index (χ4v) is 3.05. The van der Waals surface area contributed by atoms with Crippen LogP contribution in [0.1, 0.15) is 44.7 Å². The van der Waals surface area contributed by atoms with Crippen LogP contribution in [0.5, 0.6) is 0 Å². The molecule has 1 heterocycles. The highest BCUT2D eigenvalue weighted by Gasteiger charge is 2.36. The Morgan fingerprint density at radius 1 is 1.29 bits per heavy atom. The molecule has 2 N–H and O–H groups in total. The molecule has 0 radical (unpaired) electrons. The Labute approximate surface area is 144 Å². The van der Waals surface area contributed by atoms with Gasteiger partial charge in [-0.1, -0.05) is 38.1 Å². The molecule has 5 nitrogen and oxygen atoms in total. The average Bonchev–Trinajstić information content (AvgIpc) is 2.59. The Balaban J connectivity index is 2.23. The zero-order valence-corrected chi connectivity index (χ0v) is 14.8. The van der Waals surface area contributed by atoms with Crippen molar-refractivity contribution < 1.29 is 14.7 Å². The standard InChI is InChI=1S/C19H28N2O3/c1-4-13(2)19(24)21-12-16-8-6-5-7-15(16)11-17(21)18(23)20-14(3)9-10-22/h5-8,13-14,17,22H,4,9-12H2,1-3H3,(H,20,23). The minimum Gasteiger partial charge on any atom is -0.396 e. The number of nitrogens with zero attached hydrogens (tertiary/aromatic N) is 1. The molecule has 1 aromatic rings. The van der Waals surface area contributed by atoms with E-state index in [9.17, 15) is 9.59 Å². The van der Waals surface area contributed by atoms with Gasteiger partial charge >= 0.3 is 0 Å². The fourth-order valence-electron chi connectivity index (χ4n) is 3.05. The summed E-state index contributed by atoms with van der Waals surface area (Å²) in [6.07, 6.45) is 1.80. The number of carbonyl (C=O) groups is 2. The minimum atomic E-state index is -0.484. The first-order valence-electron chi connectivity index (χ1n) is 8.76. The third-order valence-electron chi connectivity index (χ3n) is 4.82. The van der Waals surface area contributed by atoms with Crippen molar-refractivity contribution >= 4 is 11.8 Å². The summed E-state index contributed by atoms with van der Waals surface area (Å²) in [5.74, 6) is -0.204. The Morgan fingerprint density at radius 2 is 1.96 bits per heavy atom. The van der Waals surface area contributed by atoms with Crippen LogP contribution in [-0.4, -0.2) is 40.5 Å². The Morgan fingerprint density at radius 3 is 2.58 bits per heavy atom. The Bertz CT molecular complexity index is 588. The van der Waals surface area contributed by atoms with Crippen molar-refractivity contribution in [3.05, 3.63) is 35.4 Å². The quantitative estimate of drug-likeness (QED) is 0.835. The summed E-state index contributed by atoms with van der Waals surface area (Å²) in [7, 11) is 0. The number of hydrogen-bond donors (Lipinski definition) is 2. The number of fused-ring (bicyclic) bond motifs is 1. The highest BCUT2D eigenvalue weighted by atomic mass is 16.3. The predicted molar refractivity (Wildman–Crippen MR) is 93.2 cm³/mol. The van der Waals surface area contributed by atoms with Crippen molar-refractivity contribution in [3.8, 4) is 0 Å². The van der Waals surface area contributed by atoms with Gasteiger partial charge in [0, 0.05) is 31.5 Å². The van der Waals surface area contributed by atoms with Gasteiger partial charge in [-0.05, 0) is 30.9 Å². The second-order valence-corrected chi connectivity index (χ2v) is 6.69. The molecule has 0 saturated carbocycles. The average molecular weight is 332 g/mol. The second-order valence-electron chi connectivity index (χ2n) is 6.69. The molecule has 0 aromatic heterocycles. The van der Waals surface area contributed by atoms with E-state index in [1.807, 2.05) is 45.0 Å². The van der Waals surface area contributed by atoms with Gasteiger partial charge in [0.2, 0.25) is 11.8 Å². The lowest BCUT2D eigenvalue weighted by Gasteiger charge is -2.37. The Kier molecular flexibility index (Phi) is 6.37. The van der Waals surface area contributed by atoms with Gasteiger partial charge in [-0.2, -0.15) is 0 Å². The highest BCUT2D eigenvalue weighted by molar-refractivity contribution is 5.89. The molecule has 1 aliphatic heterocycles. The van der Waals surface area contributed by atoms with Crippen LogP contribution in [0.15, 0.2) is 24.3 Å². The van der Waals surface area contributed by atoms with Crippen LogP contribution in [0, 0.1) is 5.92 Å². The smallest absolute Gasteiger partial charge is 0.243 e. The van der Waals surface area contributed by atoms with Crippen LogP contribution >= 0.6 is 0 Å². The predicted octanol–water partition coefficient (Wildman–Crippen LogP) is 1.87. The molecule has 0 aliphatic carbocycles. The molecule has 1 aliphatic rings. The van der Waals surface area contributed by atoms with Crippen LogP contribution in [0.3, 0.4) is 0 Å². The van der Waals surface area contributed by atoms with E-state index in [-0.39, 0.29) is 30.4 Å². The summed E-state index contributed by atoms with van der Waals surface area (Å²) in [6.45, 7) is 6.27. The minimum absolute atomic E-state index is 0.0296. The normalized spacial score (nSPS) is 19.3. The summed E-state index contributed by atoms with van der Waals surface area (Å²) in [4.78, 5) is 27.2. The lowest BCUT2D eigenvalue weighted by Crippen LogP contribution is -2.55. The third-order valence-corrected chi connectivity index (χ3v) is 4.82. The molecule has 24 heavy (non-hydrogen) atoms. The number of benzene rings is 1. The van der Waals surface area contributed by atoms with E-state index in [1.54, 1.807) is 4.90 Å². The number of aliphatic hydroxyl groups excluding tert-OH is 1. The van der Waals surface area contributed by atoms with E-state index in [4.69, 9.17) is 5.11 Å². The SMILES string of the molecule is CCC(C)C(=O)N1Cc2ccccc2CC1C(=O)NC(C)CCO. The molecular formula is C19H28N2O3. The van der Waals surface area contributed by atoms with Crippen molar-refractivity contribution in [2.75, 3.05) is 6.61 Å². The molecule has 5 heteroatoms. The largest absolute Gasteiger partial charge is 0.396 e. The lowest BCUT2D eigenvalue weighted by atomic mass is 9.91. The van der Waals surface area contributed by atoms with E-state index in [0.29, 0.717) is 19.4 Å². The van der Waals surface area contributed by atoms with E-state index in [2.05, 4.69) is 5.32 Å². The summed E-state index contributed by atoms with van der Waals surface area (Å²) in [5.41, 5.74) is 2.24. The van der Waals surface area contributed by atoms with Gasteiger partial charge in [0.05, 0.1) is 0 Å². The number of hydrogen-bond acceptors (Lipinski definition) is 3. The van der Waals surface area contributed by atoms with Gasteiger partial charge in [-0.15, -0.1) is 0 Å². The number of nitrogens with one attached hydrogen (secondary N) is 1. The van der Waals surface area contributed by atoms with E-state index >= 15 is 0 Å². The second kappa shape index (κ2) is 8.29. The first-order chi connectivity index (χ1) is 11.5. The number of rotatable bonds is 6. The van der Waals surface area contributed by atoms with Crippen LogP contribution in [0.4, 0.5) is 0 Å². The molecule has 1 aromatic carbocycles.